The second kappa shape index (κ2) is 2.58. The summed E-state index contributed by atoms with van der Waals surface area (Å²) in [5.41, 5.74) is 1.89. The first-order valence-corrected chi connectivity index (χ1v) is 4.59. The average molecular weight is 182 g/mol. The van der Waals surface area contributed by atoms with Crippen LogP contribution < -0.4 is 5.32 Å². The molecule has 1 aliphatic heterocycles. The van der Waals surface area contributed by atoms with Gasteiger partial charge in [-0.05, 0) is 22.4 Å². The second-order valence-corrected chi connectivity index (χ2v) is 3.44. The van der Waals surface area contributed by atoms with Crippen LogP contribution in [0.1, 0.15) is 15.9 Å². The lowest BCUT2D eigenvalue weighted by Crippen LogP contribution is -2.20. The molecule has 1 heterocycles. The van der Waals surface area contributed by atoms with Crippen LogP contribution >= 0.6 is 0 Å². The highest BCUT2D eigenvalue weighted by molar-refractivity contribution is 6.09. The minimum atomic E-state index is -0.0886. The Morgan fingerprint density at radius 2 is 1.86 bits per heavy atom. The van der Waals surface area contributed by atoms with Gasteiger partial charge in [-0.15, -0.1) is 0 Å². The number of rotatable bonds is 0. The molecular formula is C12H8NO. The van der Waals surface area contributed by atoms with Crippen LogP contribution in [0.3, 0.4) is 0 Å². The summed E-state index contributed by atoms with van der Waals surface area (Å²) in [5.74, 6) is -0.0886. The van der Waals surface area contributed by atoms with Crippen molar-refractivity contribution in [2.24, 2.45) is 0 Å². The van der Waals surface area contributed by atoms with E-state index in [0.29, 0.717) is 6.54 Å². The van der Waals surface area contributed by atoms with E-state index >= 15 is 0 Å². The lowest BCUT2D eigenvalue weighted by atomic mass is 9.96. The maximum Gasteiger partial charge on any atom is 0.273 e. The van der Waals surface area contributed by atoms with Crippen molar-refractivity contribution >= 4 is 16.7 Å². The Labute approximate surface area is 81.5 Å². The third-order valence-electron chi connectivity index (χ3n) is 2.61. The van der Waals surface area contributed by atoms with Crippen molar-refractivity contribution < 1.29 is 4.79 Å². The van der Waals surface area contributed by atoms with E-state index in [9.17, 15) is 4.79 Å². The summed E-state index contributed by atoms with van der Waals surface area (Å²) in [6.45, 7) is 0.521. The molecular weight excluding hydrogens is 174 g/mol. The molecule has 0 N–H and O–H groups in total. The molecule has 1 aliphatic rings. The van der Waals surface area contributed by atoms with Gasteiger partial charge in [-0.25, -0.2) is 5.32 Å². The SMILES string of the molecule is O=C1[N]Cc2cccc3cccc1c23. The smallest absolute Gasteiger partial charge is 0.267 e. The fourth-order valence-corrected chi connectivity index (χ4v) is 1.97. The van der Waals surface area contributed by atoms with Gasteiger partial charge in [-0.1, -0.05) is 30.3 Å². The Balaban J connectivity index is 2.52. The molecule has 2 aromatic carbocycles. The third kappa shape index (κ3) is 0.880. The maximum atomic E-state index is 11.5. The van der Waals surface area contributed by atoms with Gasteiger partial charge in [-0.3, -0.25) is 4.79 Å². The van der Waals surface area contributed by atoms with Crippen molar-refractivity contribution in [3.63, 3.8) is 0 Å². The normalized spacial score (nSPS) is 14.1. The van der Waals surface area contributed by atoms with Crippen LogP contribution in [0.2, 0.25) is 0 Å². The van der Waals surface area contributed by atoms with Gasteiger partial charge in [0.15, 0.2) is 0 Å². The van der Waals surface area contributed by atoms with Crippen molar-refractivity contribution in [3.8, 4) is 0 Å². The fourth-order valence-electron chi connectivity index (χ4n) is 1.97. The Bertz CT molecular complexity index is 526. The molecule has 67 valence electrons. The Morgan fingerprint density at radius 1 is 1.07 bits per heavy atom. The molecule has 0 saturated heterocycles. The number of amides is 1. The third-order valence-corrected chi connectivity index (χ3v) is 2.61. The van der Waals surface area contributed by atoms with Crippen LogP contribution in [0, 0.1) is 0 Å². The van der Waals surface area contributed by atoms with Gasteiger partial charge in [0.25, 0.3) is 5.91 Å². The van der Waals surface area contributed by atoms with E-state index in [1.165, 1.54) is 0 Å². The van der Waals surface area contributed by atoms with Gasteiger partial charge in [0.05, 0.1) is 6.54 Å². The minimum Gasteiger partial charge on any atom is -0.267 e. The van der Waals surface area contributed by atoms with Crippen molar-refractivity contribution in [3.05, 3.63) is 47.5 Å². The highest BCUT2D eigenvalue weighted by Crippen LogP contribution is 2.26. The Kier molecular flexibility index (Phi) is 1.39. The number of benzene rings is 2. The lowest BCUT2D eigenvalue weighted by Gasteiger charge is -2.15. The largest absolute Gasteiger partial charge is 0.273 e. The summed E-state index contributed by atoms with van der Waals surface area (Å²) in [7, 11) is 0. The molecule has 14 heavy (non-hydrogen) atoms. The van der Waals surface area contributed by atoms with E-state index in [0.717, 1.165) is 21.9 Å². The first-order valence-electron chi connectivity index (χ1n) is 4.59. The van der Waals surface area contributed by atoms with Gasteiger partial charge in [0, 0.05) is 5.56 Å². The van der Waals surface area contributed by atoms with E-state index in [1.54, 1.807) is 0 Å². The van der Waals surface area contributed by atoms with Crippen LogP contribution in [-0.2, 0) is 6.54 Å². The number of carbonyl (C=O) groups is 1. The number of nitrogens with zero attached hydrogens (tertiary/aromatic N) is 1. The van der Waals surface area contributed by atoms with Gasteiger partial charge in [-0.2, -0.15) is 0 Å². The summed E-state index contributed by atoms with van der Waals surface area (Å²) in [6, 6.07) is 11.8. The molecule has 0 fully saturated rings. The van der Waals surface area contributed by atoms with E-state index in [2.05, 4.69) is 5.32 Å². The summed E-state index contributed by atoms with van der Waals surface area (Å²) in [4.78, 5) is 11.5. The monoisotopic (exact) mass is 182 g/mol. The summed E-state index contributed by atoms with van der Waals surface area (Å²) >= 11 is 0. The van der Waals surface area contributed by atoms with Crippen molar-refractivity contribution in [1.82, 2.24) is 5.32 Å². The molecule has 2 aromatic rings. The van der Waals surface area contributed by atoms with Gasteiger partial charge < -0.3 is 0 Å². The van der Waals surface area contributed by atoms with Crippen LogP contribution in [-0.4, -0.2) is 5.91 Å². The Morgan fingerprint density at radius 3 is 2.71 bits per heavy atom. The molecule has 0 saturated carbocycles. The first kappa shape index (κ1) is 7.56. The number of carbonyl (C=O) groups excluding carboxylic acids is 1. The quantitative estimate of drug-likeness (QED) is 0.613. The van der Waals surface area contributed by atoms with Crippen molar-refractivity contribution in [2.45, 2.75) is 6.54 Å². The predicted octanol–water partition coefficient (Wildman–Crippen LogP) is 2.10. The highest BCUT2D eigenvalue weighted by atomic mass is 16.1. The molecule has 1 radical (unpaired) electrons. The maximum absolute atomic E-state index is 11.5. The van der Waals surface area contributed by atoms with Crippen LogP contribution in [0.15, 0.2) is 36.4 Å². The molecule has 0 aliphatic carbocycles. The summed E-state index contributed by atoms with van der Waals surface area (Å²) in [6.07, 6.45) is 0. The first-order chi connectivity index (χ1) is 6.86. The molecule has 0 unspecified atom stereocenters. The zero-order valence-corrected chi connectivity index (χ0v) is 7.53. The summed E-state index contributed by atoms with van der Waals surface area (Å²) in [5, 5.41) is 6.16. The minimum absolute atomic E-state index is 0.0886. The molecule has 0 bridgehead atoms. The average Bonchev–Trinajstić information content (AvgIpc) is 2.24. The van der Waals surface area contributed by atoms with Gasteiger partial charge >= 0.3 is 0 Å². The van der Waals surface area contributed by atoms with Gasteiger partial charge in [0.1, 0.15) is 0 Å². The zero-order chi connectivity index (χ0) is 9.54. The van der Waals surface area contributed by atoms with Crippen molar-refractivity contribution in [1.29, 1.82) is 0 Å². The number of hydrogen-bond donors (Lipinski definition) is 0. The zero-order valence-electron chi connectivity index (χ0n) is 7.53. The molecule has 2 heteroatoms. The van der Waals surface area contributed by atoms with Crippen LogP contribution in [0.25, 0.3) is 10.8 Å². The number of hydrogen-bond acceptors (Lipinski definition) is 1. The second-order valence-electron chi connectivity index (χ2n) is 3.44. The molecule has 0 aromatic heterocycles. The van der Waals surface area contributed by atoms with Crippen molar-refractivity contribution in [2.75, 3.05) is 0 Å². The summed E-state index contributed by atoms with van der Waals surface area (Å²) < 4.78 is 0. The molecule has 0 spiro atoms. The van der Waals surface area contributed by atoms with E-state index in [-0.39, 0.29) is 5.91 Å². The molecule has 2 nitrogen and oxygen atoms in total. The Hall–Kier alpha value is -1.83. The molecule has 0 atom stereocenters. The molecule has 3 rings (SSSR count). The predicted molar refractivity (Wildman–Crippen MR) is 54.1 cm³/mol. The topological polar surface area (TPSA) is 31.2 Å². The van der Waals surface area contributed by atoms with Crippen LogP contribution in [0.5, 0.6) is 0 Å². The van der Waals surface area contributed by atoms with Crippen LogP contribution in [0.4, 0.5) is 0 Å². The van der Waals surface area contributed by atoms with E-state index in [1.807, 2.05) is 36.4 Å². The van der Waals surface area contributed by atoms with E-state index in [4.69, 9.17) is 0 Å². The van der Waals surface area contributed by atoms with E-state index < -0.39 is 0 Å². The molecule has 1 amide bonds. The highest BCUT2D eigenvalue weighted by Gasteiger charge is 2.18. The van der Waals surface area contributed by atoms with Gasteiger partial charge in [0.2, 0.25) is 0 Å². The standard InChI is InChI=1S/C12H8NO/c14-12-10-6-2-4-8-3-1-5-9(7-13-12)11(8)10/h1-6H,7H2. The fraction of sp³-hybridized carbons (Fsp3) is 0.0833. The lowest BCUT2D eigenvalue weighted by molar-refractivity contribution is 0.0944.